The molecule has 2 rings (SSSR count). The normalized spacial score (nSPS) is 10.4. The molecule has 0 amide bonds. The summed E-state index contributed by atoms with van der Waals surface area (Å²) in [7, 11) is 0. The van der Waals surface area contributed by atoms with Gasteiger partial charge in [0.2, 0.25) is 0 Å². The predicted octanol–water partition coefficient (Wildman–Crippen LogP) is 3.86. The van der Waals surface area contributed by atoms with E-state index in [1.165, 1.54) is 13.7 Å². The second kappa shape index (κ2) is 4.09. The molecule has 0 unspecified atom stereocenters. The Morgan fingerprint density at radius 1 is 1.43 bits per heavy atom. The molecule has 4 heteroatoms. The third-order valence-corrected chi connectivity index (χ3v) is 3.85. The van der Waals surface area contributed by atoms with Crippen LogP contribution in [-0.2, 0) is 6.42 Å². The van der Waals surface area contributed by atoms with Crippen molar-refractivity contribution in [2.45, 2.75) is 10.6 Å². The van der Waals surface area contributed by atoms with Gasteiger partial charge in [-0.05, 0) is 51.7 Å². The van der Waals surface area contributed by atoms with E-state index in [1.54, 1.807) is 11.3 Å². The van der Waals surface area contributed by atoms with Crippen molar-refractivity contribution >= 4 is 56.6 Å². The highest BCUT2D eigenvalue weighted by molar-refractivity contribution is 14.1. The van der Waals surface area contributed by atoms with E-state index in [-0.39, 0.29) is 0 Å². The summed E-state index contributed by atoms with van der Waals surface area (Å²) in [6.45, 7) is 0. The van der Waals surface area contributed by atoms with Crippen molar-refractivity contribution in [2.75, 3.05) is 0 Å². The molecule has 0 fully saturated rings. The average Bonchev–Trinajstić information content (AvgIpc) is 2.45. The molecule has 0 radical (unpaired) electrons. The first-order valence-electron chi connectivity index (χ1n) is 3.98. The number of nitriles is 1. The van der Waals surface area contributed by atoms with Crippen LogP contribution in [0.15, 0.2) is 22.4 Å². The van der Waals surface area contributed by atoms with E-state index in [1.807, 2.05) is 6.07 Å². The predicted molar refractivity (Wildman–Crippen MR) is 71.1 cm³/mol. The van der Waals surface area contributed by atoms with Crippen LogP contribution in [0.2, 0.25) is 0 Å². The van der Waals surface area contributed by atoms with Gasteiger partial charge < -0.3 is 0 Å². The van der Waals surface area contributed by atoms with Crippen LogP contribution in [0.5, 0.6) is 0 Å². The zero-order valence-corrected chi connectivity index (χ0v) is 11.0. The van der Waals surface area contributed by atoms with Crippen molar-refractivity contribution in [2.24, 2.45) is 0 Å². The molecule has 0 aliphatic rings. The van der Waals surface area contributed by atoms with Gasteiger partial charge in [-0.3, -0.25) is 0 Å². The van der Waals surface area contributed by atoms with E-state index in [4.69, 9.17) is 5.26 Å². The fraction of sp³-hybridized carbons (Fsp3) is 0.100. The zero-order valence-electron chi connectivity index (χ0n) is 7.12. The zero-order chi connectivity index (χ0) is 10.1. The fourth-order valence-corrected chi connectivity index (χ4v) is 3.60. The van der Waals surface area contributed by atoms with E-state index in [0.29, 0.717) is 6.42 Å². The second-order valence-electron chi connectivity index (χ2n) is 2.90. The van der Waals surface area contributed by atoms with Crippen LogP contribution < -0.4 is 0 Å². The van der Waals surface area contributed by atoms with Gasteiger partial charge in [-0.1, -0.05) is 0 Å². The van der Waals surface area contributed by atoms with Crippen LogP contribution in [0.1, 0.15) is 5.56 Å². The summed E-state index contributed by atoms with van der Waals surface area (Å²) in [5.41, 5.74) is 1.10. The molecule has 0 spiro atoms. The van der Waals surface area contributed by atoms with E-state index >= 15 is 0 Å². The number of fused-ring (bicyclic) bond motifs is 1. The molecular weight excluding hydrogens is 325 g/mol. The minimum atomic E-state index is 0.470. The lowest BCUT2D eigenvalue weighted by Gasteiger charge is -1.98. The van der Waals surface area contributed by atoms with Crippen LogP contribution >= 0.6 is 46.6 Å². The monoisotopic (exact) mass is 331 g/mol. The Morgan fingerprint density at radius 2 is 2.21 bits per heavy atom. The summed E-state index contributed by atoms with van der Waals surface area (Å²) >= 11 is 8.26. The first kappa shape index (κ1) is 10.3. The Labute approximate surface area is 105 Å². The van der Waals surface area contributed by atoms with E-state index in [0.717, 1.165) is 9.77 Å². The minimum absolute atomic E-state index is 0.470. The van der Waals surface area contributed by atoms with Gasteiger partial charge in [-0.2, -0.15) is 5.26 Å². The summed E-state index contributed by atoms with van der Waals surface area (Å²) < 4.78 is 3.39. The van der Waals surface area contributed by atoms with Gasteiger partial charge in [0.25, 0.3) is 0 Å². The lowest BCUT2D eigenvalue weighted by Crippen LogP contribution is -1.83. The molecule has 2 aromatic rings. The molecule has 1 heterocycles. The molecular formula is C10H6INS2. The molecule has 14 heavy (non-hydrogen) atoms. The Balaban J connectivity index is 2.74. The lowest BCUT2D eigenvalue weighted by molar-refractivity contribution is 1.28. The van der Waals surface area contributed by atoms with Crippen molar-refractivity contribution in [3.8, 4) is 6.07 Å². The lowest BCUT2D eigenvalue weighted by atomic mass is 10.1. The number of hydrogen-bond acceptors (Lipinski definition) is 3. The molecule has 1 aromatic carbocycles. The van der Waals surface area contributed by atoms with Crippen LogP contribution in [-0.4, -0.2) is 0 Å². The van der Waals surface area contributed by atoms with E-state index in [9.17, 15) is 0 Å². The van der Waals surface area contributed by atoms with Crippen LogP contribution in [0.25, 0.3) is 10.1 Å². The van der Waals surface area contributed by atoms with Gasteiger partial charge in [0.05, 0.1) is 16.7 Å². The summed E-state index contributed by atoms with van der Waals surface area (Å²) in [5, 5.41) is 9.88. The number of hydrogen-bond donors (Lipinski definition) is 1. The van der Waals surface area contributed by atoms with Crippen molar-refractivity contribution in [3.05, 3.63) is 27.3 Å². The van der Waals surface area contributed by atoms with Gasteiger partial charge >= 0.3 is 0 Å². The Morgan fingerprint density at radius 3 is 2.93 bits per heavy atom. The molecule has 0 aliphatic heterocycles. The van der Waals surface area contributed by atoms with Crippen molar-refractivity contribution in [1.82, 2.24) is 0 Å². The van der Waals surface area contributed by atoms with Crippen LogP contribution in [0.4, 0.5) is 0 Å². The topological polar surface area (TPSA) is 23.8 Å². The number of thiol groups is 1. The second-order valence-corrected chi connectivity index (χ2v) is 6.01. The van der Waals surface area contributed by atoms with Crippen LogP contribution in [0.3, 0.4) is 0 Å². The maximum absolute atomic E-state index is 8.71. The molecule has 70 valence electrons. The SMILES string of the molecule is N#CCc1cc(I)cc2sc(S)cc12. The Bertz CT molecular complexity index is 525. The smallest absolute Gasteiger partial charge is 0.0669 e. The van der Waals surface area contributed by atoms with Gasteiger partial charge in [-0.15, -0.1) is 24.0 Å². The summed E-state index contributed by atoms with van der Waals surface area (Å²) in [4.78, 5) is 0. The summed E-state index contributed by atoms with van der Waals surface area (Å²) in [6, 6.07) is 8.41. The first-order chi connectivity index (χ1) is 6.70. The molecule has 1 aromatic heterocycles. The summed E-state index contributed by atoms with van der Waals surface area (Å²) in [5.74, 6) is 0. The highest BCUT2D eigenvalue weighted by Gasteiger charge is 2.05. The number of benzene rings is 1. The van der Waals surface area contributed by atoms with Crippen molar-refractivity contribution in [3.63, 3.8) is 0 Å². The number of halogens is 1. The molecule has 0 saturated carbocycles. The van der Waals surface area contributed by atoms with E-state index in [2.05, 4.69) is 53.4 Å². The average molecular weight is 331 g/mol. The maximum atomic E-state index is 8.71. The van der Waals surface area contributed by atoms with Gasteiger partial charge in [-0.25, -0.2) is 0 Å². The van der Waals surface area contributed by atoms with Crippen LogP contribution in [0, 0.1) is 14.9 Å². The largest absolute Gasteiger partial charge is 0.198 e. The quantitative estimate of drug-likeness (QED) is 0.623. The van der Waals surface area contributed by atoms with E-state index < -0.39 is 0 Å². The molecule has 0 N–H and O–H groups in total. The fourth-order valence-electron chi connectivity index (χ4n) is 1.39. The first-order valence-corrected chi connectivity index (χ1v) is 6.33. The highest BCUT2D eigenvalue weighted by Crippen LogP contribution is 2.32. The highest BCUT2D eigenvalue weighted by atomic mass is 127. The minimum Gasteiger partial charge on any atom is -0.198 e. The van der Waals surface area contributed by atoms with Gasteiger partial charge in [0.15, 0.2) is 0 Å². The molecule has 0 saturated heterocycles. The number of rotatable bonds is 1. The van der Waals surface area contributed by atoms with Crippen molar-refractivity contribution in [1.29, 1.82) is 5.26 Å². The molecule has 1 nitrogen and oxygen atoms in total. The summed E-state index contributed by atoms with van der Waals surface area (Å²) in [6.07, 6.45) is 0.470. The van der Waals surface area contributed by atoms with Gasteiger partial charge in [0.1, 0.15) is 0 Å². The number of thiophene rings is 1. The third-order valence-electron chi connectivity index (χ3n) is 1.94. The molecule has 0 aliphatic carbocycles. The number of nitrogens with zero attached hydrogens (tertiary/aromatic N) is 1. The Kier molecular flexibility index (Phi) is 3.00. The molecule has 0 bridgehead atoms. The van der Waals surface area contributed by atoms with Gasteiger partial charge in [0, 0.05) is 8.27 Å². The Hall–Kier alpha value is -0.250. The molecule has 0 atom stereocenters. The van der Waals surface area contributed by atoms with Crippen molar-refractivity contribution < 1.29 is 0 Å². The third kappa shape index (κ3) is 1.90. The maximum Gasteiger partial charge on any atom is 0.0669 e. The standard InChI is InChI=1S/C10H6INS2/c11-7-3-6(1-2-12)8-5-10(13)14-9(8)4-7/h3-5,13H,1H2.